The van der Waals surface area contributed by atoms with Crippen LogP contribution in [0.4, 0.5) is 10.5 Å². The van der Waals surface area contributed by atoms with Crippen LogP contribution in [0.2, 0.25) is 0 Å². The van der Waals surface area contributed by atoms with Crippen molar-refractivity contribution in [3.8, 4) is 0 Å². The molecule has 2 aromatic rings. The summed E-state index contributed by atoms with van der Waals surface area (Å²) in [7, 11) is 0. The van der Waals surface area contributed by atoms with Crippen LogP contribution >= 0.6 is 11.3 Å². The van der Waals surface area contributed by atoms with Crippen molar-refractivity contribution in [3.63, 3.8) is 0 Å². The van der Waals surface area contributed by atoms with Crippen LogP contribution in [0.25, 0.3) is 11.6 Å². The number of anilines is 1. The number of allylic oxidation sites excluding steroid dienone is 1. The summed E-state index contributed by atoms with van der Waals surface area (Å²) in [5, 5.41) is 2.56. The number of pyridine rings is 1. The number of carbonyl (C=O) groups excluding carboxylic acids is 2. The molecule has 3 aliphatic rings. The van der Waals surface area contributed by atoms with Crippen molar-refractivity contribution in [3.05, 3.63) is 39.6 Å². The minimum Gasteiger partial charge on any atom is -0.441 e. The number of thiazole rings is 1. The first kappa shape index (κ1) is 21.1. The first-order valence-electron chi connectivity index (χ1n) is 11.1. The summed E-state index contributed by atoms with van der Waals surface area (Å²) in [6.07, 6.45) is 5.72. The summed E-state index contributed by atoms with van der Waals surface area (Å²) in [4.78, 5) is 37.7. The number of Topliss-reactive ketones (excluding diaryl/α,β-unsaturated/α-hetero) is 1. The van der Waals surface area contributed by atoms with E-state index in [-0.39, 0.29) is 18.0 Å². The van der Waals surface area contributed by atoms with E-state index in [1.807, 2.05) is 24.6 Å². The minimum atomic E-state index is -0.253. The molecule has 1 amide bonds. The summed E-state index contributed by atoms with van der Waals surface area (Å²) >= 11 is 1.42. The molecule has 0 atom stereocenters. The van der Waals surface area contributed by atoms with Gasteiger partial charge in [-0.25, -0.2) is 9.78 Å². The molecule has 2 aliphatic heterocycles. The molecule has 0 saturated carbocycles. The monoisotopic (exact) mass is 454 g/mol. The second kappa shape index (κ2) is 8.99. The van der Waals surface area contributed by atoms with Gasteiger partial charge in [-0.05, 0) is 24.1 Å². The van der Waals surface area contributed by atoms with Gasteiger partial charge in [0.05, 0.1) is 24.6 Å². The molecule has 0 aromatic carbocycles. The lowest BCUT2D eigenvalue weighted by Crippen LogP contribution is -2.51. The maximum absolute atomic E-state index is 12.3. The maximum Gasteiger partial charge on any atom is 0.410 e. The largest absolute Gasteiger partial charge is 0.441 e. The molecule has 9 heteroatoms. The fourth-order valence-electron chi connectivity index (χ4n) is 4.16. The molecule has 2 aromatic heterocycles. The Morgan fingerprint density at radius 1 is 1.25 bits per heavy atom. The first-order chi connectivity index (χ1) is 15.6. The Morgan fingerprint density at radius 3 is 2.78 bits per heavy atom. The van der Waals surface area contributed by atoms with Gasteiger partial charge in [-0.15, -0.1) is 11.3 Å². The molecule has 2 saturated heterocycles. The van der Waals surface area contributed by atoms with E-state index in [4.69, 9.17) is 9.47 Å². The molecule has 0 bridgehead atoms. The predicted octanol–water partition coefficient (Wildman–Crippen LogP) is 3.28. The number of amides is 1. The molecule has 8 nitrogen and oxygen atoms in total. The Balaban J connectivity index is 1.27. The molecule has 0 unspecified atom stereocenters. The van der Waals surface area contributed by atoms with Crippen LogP contribution in [0.5, 0.6) is 0 Å². The molecule has 32 heavy (non-hydrogen) atoms. The second-order valence-corrected chi connectivity index (χ2v) is 9.12. The molecule has 168 valence electrons. The number of hydrogen-bond acceptors (Lipinski definition) is 8. The Hall–Kier alpha value is -2.78. The van der Waals surface area contributed by atoms with Gasteiger partial charge in [0, 0.05) is 61.8 Å². The van der Waals surface area contributed by atoms with Crippen LogP contribution in [0.15, 0.2) is 17.6 Å². The molecule has 2 fully saturated rings. The zero-order valence-electron chi connectivity index (χ0n) is 18.1. The van der Waals surface area contributed by atoms with Crippen LogP contribution in [0.1, 0.15) is 46.5 Å². The number of ether oxygens (including phenoxy) is 2. The molecule has 0 N–H and O–H groups in total. The van der Waals surface area contributed by atoms with Gasteiger partial charge >= 0.3 is 6.09 Å². The number of rotatable bonds is 6. The summed E-state index contributed by atoms with van der Waals surface area (Å²) in [5.74, 6) is 0.111. The van der Waals surface area contributed by atoms with Crippen molar-refractivity contribution < 1.29 is 19.1 Å². The fraction of sp³-hybridized carbons (Fsp3) is 0.478. The number of carbonyl (C=O) groups is 2. The van der Waals surface area contributed by atoms with Crippen molar-refractivity contribution in [2.24, 2.45) is 0 Å². The molecule has 5 rings (SSSR count). The lowest BCUT2D eigenvalue weighted by Gasteiger charge is -2.37. The third kappa shape index (κ3) is 4.14. The predicted molar refractivity (Wildman–Crippen MR) is 122 cm³/mol. The molecule has 4 heterocycles. The van der Waals surface area contributed by atoms with Crippen molar-refractivity contribution in [1.82, 2.24) is 14.9 Å². The van der Waals surface area contributed by atoms with E-state index in [1.54, 1.807) is 4.90 Å². The van der Waals surface area contributed by atoms with Crippen LogP contribution < -0.4 is 4.90 Å². The van der Waals surface area contributed by atoms with Gasteiger partial charge in [0.1, 0.15) is 0 Å². The highest BCUT2D eigenvalue weighted by atomic mass is 32.1. The Labute approximate surface area is 190 Å². The van der Waals surface area contributed by atoms with Gasteiger partial charge in [0.15, 0.2) is 16.9 Å². The summed E-state index contributed by atoms with van der Waals surface area (Å²) in [6, 6.07) is 2.04. The summed E-state index contributed by atoms with van der Waals surface area (Å²) < 4.78 is 10.5. The Bertz CT molecular complexity index is 1050. The van der Waals surface area contributed by atoms with Crippen LogP contribution in [-0.2, 0) is 15.9 Å². The Morgan fingerprint density at radius 2 is 2.06 bits per heavy atom. The van der Waals surface area contributed by atoms with Crippen molar-refractivity contribution >= 4 is 40.5 Å². The van der Waals surface area contributed by atoms with E-state index in [0.29, 0.717) is 44.2 Å². The highest BCUT2D eigenvalue weighted by molar-refractivity contribution is 7.11. The maximum atomic E-state index is 12.3. The van der Waals surface area contributed by atoms with Crippen LogP contribution in [0.3, 0.4) is 0 Å². The minimum absolute atomic E-state index is 0.101. The normalized spacial score (nSPS) is 18.2. The average molecular weight is 455 g/mol. The van der Waals surface area contributed by atoms with Gasteiger partial charge in [-0.1, -0.05) is 6.92 Å². The van der Waals surface area contributed by atoms with E-state index in [1.165, 1.54) is 11.3 Å². The lowest BCUT2D eigenvalue weighted by molar-refractivity contribution is -0.104. The van der Waals surface area contributed by atoms with Crippen molar-refractivity contribution in [2.75, 3.05) is 44.3 Å². The van der Waals surface area contributed by atoms with E-state index < -0.39 is 0 Å². The van der Waals surface area contributed by atoms with Gasteiger partial charge in [0.25, 0.3) is 0 Å². The number of fused-ring (bicyclic) bond motifs is 1. The third-order valence-corrected chi connectivity index (χ3v) is 6.91. The zero-order valence-corrected chi connectivity index (χ0v) is 18.9. The van der Waals surface area contributed by atoms with E-state index in [9.17, 15) is 9.59 Å². The Kier molecular flexibility index (Phi) is 5.93. The van der Waals surface area contributed by atoms with Gasteiger partial charge in [-0.2, -0.15) is 0 Å². The fourth-order valence-corrected chi connectivity index (χ4v) is 4.97. The molecule has 1 aliphatic carbocycles. The highest BCUT2D eigenvalue weighted by Crippen LogP contribution is 2.36. The smallest absolute Gasteiger partial charge is 0.410 e. The second-order valence-electron chi connectivity index (χ2n) is 8.27. The van der Waals surface area contributed by atoms with E-state index in [2.05, 4.69) is 20.9 Å². The molecule has 0 spiro atoms. The topological polar surface area (TPSA) is 84.9 Å². The zero-order chi connectivity index (χ0) is 22.1. The van der Waals surface area contributed by atoms with Crippen molar-refractivity contribution in [1.29, 1.82) is 0 Å². The number of aromatic nitrogens is 2. The number of nitrogens with zero attached hydrogens (tertiary/aromatic N) is 4. The number of piperazine rings is 1. The highest BCUT2D eigenvalue weighted by Gasteiger charge is 2.29. The number of ketones is 1. The quantitative estimate of drug-likeness (QED) is 0.619. The summed E-state index contributed by atoms with van der Waals surface area (Å²) in [6.45, 7) is 5.71. The van der Waals surface area contributed by atoms with Crippen LogP contribution in [0, 0.1) is 0 Å². The standard InChI is InChI=1S/C23H26N4O4S/c1-2-3-21(28)22-25-19(14-32-22)15-10-17-18(11-15)24-5-4-20(17)26-6-8-27(9-7-26)23(29)31-16-12-30-13-16/h4-5,10,14,16H,2-3,6-9,11-13H2,1H3. The van der Waals surface area contributed by atoms with E-state index in [0.717, 1.165) is 47.7 Å². The molecular formula is C23H26N4O4S. The van der Waals surface area contributed by atoms with Crippen LogP contribution in [-0.4, -0.2) is 72.2 Å². The SMILES string of the molecule is CCCC(=O)c1nc(C2=Cc3c(N4CCN(C(=O)OC5COC5)CC4)ccnc3C2)cs1. The summed E-state index contributed by atoms with van der Waals surface area (Å²) in [5.41, 5.74) is 5.23. The molecular weight excluding hydrogens is 428 g/mol. The van der Waals surface area contributed by atoms with Crippen molar-refractivity contribution in [2.45, 2.75) is 32.3 Å². The van der Waals surface area contributed by atoms with Gasteiger partial charge in [0.2, 0.25) is 0 Å². The third-order valence-electron chi connectivity index (χ3n) is 6.03. The van der Waals surface area contributed by atoms with E-state index >= 15 is 0 Å². The molecule has 0 radical (unpaired) electrons. The lowest BCUT2D eigenvalue weighted by atomic mass is 10.1. The number of hydrogen-bond donors (Lipinski definition) is 0. The first-order valence-corrected chi connectivity index (χ1v) is 12.0. The average Bonchev–Trinajstić information content (AvgIpc) is 3.43. The van der Waals surface area contributed by atoms with Gasteiger partial charge in [-0.3, -0.25) is 9.78 Å². The van der Waals surface area contributed by atoms with Gasteiger partial charge < -0.3 is 19.3 Å².